The largest absolute Gasteiger partial charge is 0.493 e. The Morgan fingerprint density at radius 2 is 1.52 bits per heavy atom. The first kappa shape index (κ1) is 23.0. The third-order valence-corrected chi connectivity index (χ3v) is 4.90. The second-order valence-corrected chi connectivity index (χ2v) is 8.62. The highest BCUT2D eigenvalue weighted by Gasteiger charge is 2.25. The molecule has 0 spiro atoms. The molecule has 1 aliphatic rings. The van der Waals surface area contributed by atoms with Crippen molar-refractivity contribution in [1.29, 1.82) is 0 Å². The van der Waals surface area contributed by atoms with Crippen molar-refractivity contribution in [3.63, 3.8) is 0 Å². The van der Waals surface area contributed by atoms with E-state index in [2.05, 4.69) is 10.6 Å². The fraction of sp³-hybridized carbons (Fsp3) is 0.619. The van der Waals surface area contributed by atoms with Crippen LogP contribution in [0, 0.1) is 0 Å². The Morgan fingerprint density at radius 1 is 0.931 bits per heavy atom. The molecule has 1 fully saturated rings. The number of quaternary nitrogens is 2. The van der Waals surface area contributed by atoms with Crippen molar-refractivity contribution in [1.82, 2.24) is 5.32 Å². The number of benzene rings is 1. The summed E-state index contributed by atoms with van der Waals surface area (Å²) < 4.78 is 10.5. The Kier molecular flexibility index (Phi) is 8.28. The zero-order valence-corrected chi connectivity index (χ0v) is 18.3. The number of amides is 2. The minimum absolute atomic E-state index is 0.0267. The highest BCUT2D eigenvalue weighted by atomic mass is 16.5. The number of ether oxygens (including phenoxy) is 2. The van der Waals surface area contributed by atoms with Crippen molar-refractivity contribution in [2.24, 2.45) is 0 Å². The number of methoxy groups -OCH3 is 2. The lowest BCUT2D eigenvalue weighted by Crippen LogP contribution is -3.18. The second kappa shape index (κ2) is 10.5. The van der Waals surface area contributed by atoms with E-state index in [1.165, 1.54) is 9.80 Å². The summed E-state index contributed by atoms with van der Waals surface area (Å²) in [4.78, 5) is 27.2. The Labute approximate surface area is 173 Å². The third kappa shape index (κ3) is 7.91. The minimum atomic E-state index is -0.206. The SMILES string of the molecule is COc1ccc(NC(=O)C[NH+]2CCC[NH+](CC(=O)NC(C)(C)C)CC2)cc1OC. The van der Waals surface area contributed by atoms with Crippen LogP contribution in [0.5, 0.6) is 11.5 Å². The van der Waals surface area contributed by atoms with Gasteiger partial charge in [-0.05, 0) is 32.9 Å². The fourth-order valence-corrected chi connectivity index (χ4v) is 3.58. The van der Waals surface area contributed by atoms with Crippen molar-refractivity contribution in [2.45, 2.75) is 32.7 Å². The van der Waals surface area contributed by atoms with Crippen LogP contribution in [-0.2, 0) is 9.59 Å². The molecule has 1 aromatic carbocycles. The number of hydrogen-bond donors (Lipinski definition) is 4. The van der Waals surface area contributed by atoms with Gasteiger partial charge in [-0.3, -0.25) is 9.59 Å². The zero-order valence-electron chi connectivity index (χ0n) is 18.3. The molecule has 8 nitrogen and oxygen atoms in total. The van der Waals surface area contributed by atoms with Gasteiger partial charge in [-0.25, -0.2) is 0 Å². The van der Waals surface area contributed by atoms with E-state index in [9.17, 15) is 9.59 Å². The molecule has 29 heavy (non-hydrogen) atoms. The highest BCUT2D eigenvalue weighted by molar-refractivity contribution is 5.91. The van der Waals surface area contributed by atoms with Gasteiger partial charge in [0.25, 0.3) is 11.8 Å². The van der Waals surface area contributed by atoms with Crippen LogP contribution in [0.2, 0.25) is 0 Å². The topological polar surface area (TPSA) is 85.5 Å². The lowest BCUT2D eigenvalue weighted by molar-refractivity contribution is -0.930. The molecule has 162 valence electrons. The molecular weight excluding hydrogens is 372 g/mol. The standard InChI is InChI=1S/C21H34N4O4/c1-21(2,3)23-20(27)15-25-10-6-9-24(11-12-25)14-19(26)22-16-7-8-17(28-4)18(13-16)29-5/h7-8,13H,6,9-12,14-15H2,1-5H3,(H,22,26)(H,23,27)/p+2. The van der Waals surface area contributed by atoms with Crippen molar-refractivity contribution < 1.29 is 28.9 Å². The molecule has 4 N–H and O–H groups in total. The lowest BCUT2D eigenvalue weighted by atomic mass is 10.1. The van der Waals surface area contributed by atoms with Gasteiger partial charge in [0.2, 0.25) is 0 Å². The van der Waals surface area contributed by atoms with Crippen molar-refractivity contribution in [3.8, 4) is 11.5 Å². The number of rotatable bonds is 7. The van der Waals surface area contributed by atoms with E-state index in [1.54, 1.807) is 32.4 Å². The molecule has 0 bridgehead atoms. The number of anilines is 1. The molecule has 0 radical (unpaired) electrons. The van der Waals surface area contributed by atoms with Crippen molar-refractivity contribution >= 4 is 17.5 Å². The van der Waals surface area contributed by atoms with Crippen LogP contribution in [0.3, 0.4) is 0 Å². The van der Waals surface area contributed by atoms with E-state index in [1.807, 2.05) is 20.8 Å². The average molecular weight is 409 g/mol. The van der Waals surface area contributed by atoms with Gasteiger partial charge >= 0.3 is 0 Å². The summed E-state index contributed by atoms with van der Waals surface area (Å²) in [5, 5.41) is 5.96. The first-order chi connectivity index (χ1) is 13.7. The predicted octanol–water partition coefficient (Wildman–Crippen LogP) is -1.27. The van der Waals surface area contributed by atoms with Crippen LogP contribution in [0.4, 0.5) is 5.69 Å². The summed E-state index contributed by atoms with van der Waals surface area (Å²) in [5.74, 6) is 1.27. The van der Waals surface area contributed by atoms with Gasteiger partial charge < -0.3 is 29.9 Å². The number of carbonyl (C=O) groups is 2. The summed E-state index contributed by atoms with van der Waals surface area (Å²) in [6, 6.07) is 5.34. The van der Waals surface area contributed by atoms with Crippen molar-refractivity contribution in [2.75, 3.05) is 58.8 Å². The van der Waals surface area contributed by atoms with E-state index in [4.69, 9.17) is 9.47 Å². The smallest absolute Gasteiger partial charge is 0.279 e. The Bertz CT molecular complexity index is 702. The molecule has 1 aromatic rings. The van der Waals surface area contributed by atoms with Gasteiger partial charge in [-0.15, -0.1) is 0 Å². The first-order valence-corrected chi connectivity index (χ1v) is 10.2. The van der Waals surface area contributed by atoms with Crippen LogP contribution in [0.25, 0.3) is 0 Å². The Hall–Kier alpha value is -2.32. The molecule has 8 heteroatoms. The van der Waals surface area contributed by atoms with Gasteiger partial charge in [0.15, 0.2) is 24.6 Å². The monoisotopic (exact) mass is 408 g/mol. The lowest BCUT2D eigenvalue weighted by Gasteiger charge is -2.22. The summed E-state index contributed by atoms with van der Waals surface area (Å²) >= 11 is 0. The molecular formula is C21H36N4O4+2. The maximum atomic E-state index is 12.5. The first-order valence-electron chi connectivity index (χ1n) is 10.2. The Morgan fingerprint density at radius 3 is 2.07 bits per heavy atom. The quantitative estimate of drug-likeness (QED) is 0.453. The molecule has 0 aliphatic carbocycles. The maximum Gasteiger partial charge on any atom is 0.279 e. The summed E-state index contributed by atoms with van der Waals surface area (Å²) in [6.07, 6.45) is 0.997. The molecule has 1 saturated heterocycles. The number of carbonyl (C=O) groups excluding carboxylic acids is 2. The molecule has 2 atom stereocenters. The van der Waals surface area contributed by atoms with Crippen LogP contribution in [0.15, 0.2) is 18.2 Å². The zero-order chi connectivity index (χ0) is 21.4. The number of hydrogen-bond acceptors (Lipinski definition) is 4. The van der Waals surface area contributed by atoms with E-state index in [-0.39, 0.29) is 17.4 Å². The summed E-state index contributed by atoms with van der Waals surface area (Å²) in [6.45, 7) is 10.5. The molecule has 1 heterocycles. The van der Waals surface area contributed by atoms with Crippen LogP contribution < -0.4 is 29.9 Å². The molecule has 0 saturated carbocycles. The maximum absolute atomic E-state index is 12.5. The number of nitrogens with one attached hydrogen (secondary N) is 4. The molecule has 2 rings (SSSR count). The highest BCUT2D eigenvalue weighted by Crippen LogP contribution is 2.29. The summed E-state index contributed by atoms with van der Waals surface area (Å²) in [7, 11) is 3.15. The van der Waals surface area contributed by atoms with Gasteiger partial charge in [-0.2, -0.15) is 0 Å². The van der Waals surface area contributed by atoms with Crippen LogP contribution in [0.1, 0.15) is 27.2 Å². The van der Waals surface area contributed by atoms with Gasteiger partial charge in [-0.1, -0.05) is 0 Å². The van der Waals surface area contributed by atoms with Gasteiger partial charge in [0.1, 0.15) is 13.1 Å². The summed E-state index contributed by atoms with van der Waals surface area (Å²) in [5.41, 5.74) is 0.481. The minimum Gasteiger partial charge on any atom is -0.493 e. The molecule has 0 aromatic heterocycles. The van der Waals surface area contributed by atoms with Gasteiger partial charge in [0, 0.05) is 23.7 Å². The van der Waals surface area contributed by atoms with E-state index < -0.39 is 0 Å². The third-order valence-electron chi connectivity index (χ3n) is 4.90. The van der Waals surface area contributed by atoms with E-state index in [0.29, 0.717) is 30.3 Å². The average Bonchev–Trinajstić information content (AvgIpc) is 2.85. The predicted molar refractivity (Wildman–Crippen MR) is 112 cm³/mol. The van der Waals surface area contributed by atoms with E-state index >= 15 is 0 Å². The Balaban J connectivity index is 1.82. The van der Waals surface area contributed by atoms with Gasteiger partial charge in [0.05, 0.1) is 27.3 Å². The second-order valence-electron chi connectivity index (χ2n) is 8.62. The van der Waals surface area contributed by atoms with E-state index in [0.717, 1.165) is 32.6 Å². The molecule has 2 amide bonds. The van der Waals surface area contributed by atoms with Crippen LogP contribution in [-0.4, -0.2) is 70.8 Å². The normalized spacial score (nSPS) is 19.8. The van der Waals surface area contributed by atoms with Crippen molar-refractivity contribution in [3.05, 3.63) is 18.2 Å². The molecule has 1 aliphatic heterocycles. The fourth-order valence-electron chi connectivity index (χ4n) is 3.58. The molecule has 2 unspecified atom stereocenters. The van der Waals surface area contributed by atoms with Crippen LogP contribution >= 0.6 is 0 Å².